The van der Waals surface area contributed by atoms with Gasteiger partial charge in [0, 0.05) is 10.8 Å². The summed E-state index contributed by atoms with van der Waals surface area (Å²) in [5, 5.41) is -6.34. The maximum absolute atomic E-state index is 9.92. The number of hydrogen-bond donors (Lipinski definition) is 0. The van der Waals surface area contributed by atoms with Crippen LogP contribution in [0.4, 0.5) is 0 Å². The second kappa shape index (κ2) is 11.8. The molecule has 0 fully saturated rings. The molecule has 1 heterocycles. The Hall–Kier alpha value is -6.96. The Kier molecular flexibility index (Phi) is 2.74. The lowest BCUT2D eigenvalue weighted by Gasteiger charge is -2.18. The topological polar surface area (TPSA) is 13.1 Å². The highest BCUT2D eigenvalue weighted by atomic mass is 16.3. The predicted molar refractivity (Wildman–Crippen MR) is 225 cm³/mol. The van der Waals surface area contributed by atoms with E-state index in [9.17, 15) is 20.6 Å². The molecule has 246 valence electrons. The molecular formula is C52H32O. The first-order chi connectivity index (χ1) is 39.2. The van der Waals surface area contributed by atoms with Crippen molar-refractivity contribution in [2.24, 2.45) is 0 Å². The van der Waals surface area contributed by atoms with E-state index >= 15 is 0 Å². The standard InChI is InChI=1S/C52H32O/c1-2-13-34(14-3-1)39-21-12-28-50-52(39)48-32-36(29-30-49(48)53-50)38-20-9-24-43-42(38)23-10-26-45(43)51-40-19-7-5-16-35(40)31-47-44(25-11-27-46(47)51)41-22-8-17-33-15-4-6-18-37(33)41/h1-32H/i1D,2D,3D,4D,5D,6D,7D,8D,9D,10D,11D,12D,13D,14D,15D,16D,17D,18D,19D,20D,21D,22D,23D,24D,25D,26D,27D,28D,29D,30D,32D. The molecule has 0 amide bonds. The van der Waals surface area contributed by atoms with Crippen LogP contribution in [-0.2, 0) is 0 Å². The molecule has 10 aromatic carbocycles. The van der Waals surface area contributed by atoms with E-state index in [-0.39, 0.29) is 0 Å². The number of benzene rings is 10. The van der Waals surface area contributed by atoms with Gasteiger partial charge in [-0.15, -0.1) is 0 Å². The van der Waals surface area contributed by atoms with Crippen molar-refractivity contribution >= 4 is 65.0 Å². The first-order valence-corrected chi connectivity index (χ1v) is 15.7. The van der Waals surface area contributed by atoms with Gasteiger partial charge in [-0.05, 0) is 112 Å². The molecule has 0 aliphatic rings. The fourth-order valence-electron chi connectivity index (χ4n) is 6.56. The van der Waals surface area contributed by atoms with Gasteiger partial charge in [-0.1, -0.05) is 169 Å². The molecule has 0 unspecified atom stereocenters. The Labute approximate surface area is 350 Å². The summed E-state index contributed by atoms with van der Waals surface area (Å²) in [6, 6.07) is -28.2. The quantitative estimate of drug-likeness (QED) is 0.166. The third kappa shape index (κ3) is 4.64. The number of hydrogen-bond acceptors (Lipinski definition) is 1. The van der Waals surface area contributed by atoms with Gasteiger partial charge in [0.1, 0.15) is 11.2 Å². The van der Waals surface area contributed by atoms with Crippen molar-refractivity contribution < 1.29 is 46.9 Å². The van der Waals surface area contributed by atoms with Crippen molar-refractivity contribution in [2.45, 2.75) is 0 Å². The molecular weight excluding hydrogens is 641 g/mol. The van der Waals surface area contributed by atoms with Crippen LogP contribution in [0, 0.1) is 0 Å². The van der Waals surface area contributed by atoms with E-state index in [0.29, 0.717) is 0 Å². The van der Waals surface area contributed by atoms with Gasteiger partial charge < -0.3 is 4.42 Å². The van der Waals surface area contributed by atoms with Crippen LogP contribution in [0.3, 0.4) is 0 Å². The average Bonchev–Trinajstić information content (AvgIpc) is 0.998. The van der Waals surface area contributed by atoms with Crippen LogP contribution in [0.25, 0.3) is 110 Å². The van der Waals surface area contributed by atoms with Crippen molar-refractivity contribution in [1.82, 2.24) is 0 Å². The molecule has 0 N–H and O–H groups in total. The maximum Gasteiger partial charge on any atom is 0.136 e. The molecule has 0 spiro atoms. The highest BCUT2D eigenvalue weighted by Gasteiger charge is 2.18. The highest BCUT2D eigenvalue weighted by molar-refractivity contribution is 6.21. The number of furan rings is 1. The van der Waals surface area contributed by atoms with Gasteiger partial charge in [0.05, 0.1) is 42.5 Å². The molecule has 1 heteroatoms. The molecule has 0 aliphatic heterocycles. The summed E-state index contributed by atoms with van der Waals surface area (Å²) in [5.74, 6) is 0. The first kappa shape index (κ1) is 12.3. The zero-order valence-corrected chi connectivity index (χ0v) is 26.5. The van der Waals surface area contributed by atoms with Crippen molar-refractivity contribution in [2.75, 3.05) is 0 Å². The third-order valence-electron chi connectivity index (χ3n) is 8.80. The molecule has 1 nitrogen and oxygen atoms in total. The Balaban J connectivity index is 1.40. The van der Waals surface area contributed by atoms with Crippen LogP contribution in [0.2, 0.25) is 0 Å². The molecule has 0 atom stereocenters. The van der Waals surface area contributed by atoms with Crippen LogP contribution < -0.4 is 0 Å². The van der Waals surface area contributed by atoms with Crippen molar-refractivity contribution in [3.8, 4) is 44.5 Å². The van der Waals surface area contributed by atoms with E-state index in [4.69, 9.17) is 26.3 Å². The van der Waals surface area contributed by atoms with Gasteiger partial charge in [0.15, 0.2) is 0 Å². The lowest BCUT2D eigenvalue weighted by Crippen LogP contribution is -1.91. The Bertz CT molecular complexity index is 4990. The van der Waals surface area contributed by atoms with E-state index < -0.39 is 297 Å². The fourth-order valence-corrected chi connectivity index (χ4v) is 6.56. The highest BCUT2D eigenvalue weighted by Crippen LogP contribution is 2.45. The average molecular weight is 704 g/mol. The van der Waals surface area contributed by atoms with E-state index in [1.54, 1.807) is 0 Å². The zero-order valence-electron chi connectivity index (χ0n) is 57.5. The summed E-state index contributed by atoms with van der Waals surface area (Å²) >= 11 is 0. The Morgan fingerprint density at radius 2 is 0.906 bits per heavy atom. The van der Waals surface area contributed by atoms with E-state index in [2.05, 4.69) is 0 Å². The van der Waals surface area contributed by atoms with Crippen LogP contribution in [0.1, 0.15) is 42.5 Å². The molecule has 0 saturated carbocycles. The van der Waals surface area contributed by atoms with Crippen molar-refractivity contribution in [3.05, 3.63) is 193 Å². The van der Waals surface area contributed by atoms with E-state index in [1.807, 2.05) is 0 Å². The van der Waals surface area contributed by atoms with Gasteiger partial charge in [0.2, 0.25) is 0 Å². The number of rotatable bonds is 4. The zero-order chi connectivity index (χ0) is 61.9. The predicted octanol–water partition coefficient (Wildman–Crippen LogP) is 14.9. The first-order valence-electron chi connectivity index (χ1n) is 31.2. The van der Waals surface area contributed by atoms with Gasteiger partial charge >= 0.3 is 0 Å². The molecule has 0 saturated heterocycles. The normalized spacial score (nSPS) is 20.0. The third-order valence-corrected chi connectivity index (χ3v) is 8.80. The van der Waals surface area contributed by atoms with Crippen LogP contribution >= 0.6 is 0 Å². The maximum atomic E-state index is 9.92. The second-order valence-electron chi connectivity index (χ2n) is 11.6. The SMILES string of the molecule is [2H]c1c([2H])c([2H])c(-c2c([2H])c([2H])c([2H])c3oc4c([2H])c([2H])c(-c5c([2H])c([2H])c([2H])c6c(-c7c8c([2H])c([2H])c([2H])c([2H])c8cc8c(-c9c([2H])c([2H])c([2H])c%10c([2H])c([2H])c([2H])c([2H])c9%10)c([2H])c([2H])c([2H])c78)c([2H])c([2H])c([2H])c56)c([2H])c4c23)c([2H])c1[2H]. The minimum Gasteiger partial charge on any atom is -0.456 e. The molecule has 0 aliphatic carbocycles. The lowest BCUT2D eigenvalue weighted by molar-refractivity contribution is 0.669. The summed E-state index contributed by atoms with van der Waals surface area (Å²) in [6.45, 7) is 0. The van der Waals surface area contributed by atoms with Gasteiger partial charge in [0.25, 0.3) is 0 Å². The van der Waals surface area contributed by atoms with Gasteiger partial charge in [-0.25, -0.2) is 0 Å². The van der Waals surface area contributed by atoms with Crippen molar-refractivity contribution in [1.29, 1.82) is 0 Å². The van der Waals surface area contributed by atoms with Crippen LogP contribution in [0.15, 0.2) is 198 Å². The number of fused-ring (bicyclic) bond motifs is 7. The van der Waals surface area contributed by atoms with E-state index in [1.165, 1.54) is 0 Å². The summed E-state index contributed by atoms with van der Waals surface area (Å²) in [6.07, 6.45) is 0. The Morgan fingerprint density at radius 3 is 1.75 bits per heavy atom. The van der Waals surface area contributed by atoms with Crippen molar-refractivity contribution in [3.63, 3.8) is 0 Å². The lowest BCUT2D eigenvalue weighted by atomic mass is 9.85. The fraction of sp³-hybridized carbons (Fsp3) is 0. The van der Waals surface area contributed by atoms with Crippen LogP contribution in [-0.4, -0.2) is 0 Å². The largest absolute Gasteiger partial charge is 0.456 e. The summed E-state index contributed by atoms with van der Waals surface area (Å²) < 4.78 is 287. The van der Waals surface area contributed by atoms with E-state index in [0.717, 1.165) is 6.07 Å². The molecule has 0 radical (unpaired) electrons. The minimum absolute atomic E-state index is 0.516. The monoisotopic (exact) mass is 703 g/mol. The van der Waals surface area contributed by atoms with Gasteiger partial charge in [-0.3, -0.25) is 0 Å². The summed E-state index contributed by atoms with van der Waals surface area (Å²) in [5.41, 5.74) is -7.33. The summed E-state index contributed by atoms with van der Waals surface area (Å²) in [7, 11) is 0. The molecule has 11 aromatic rings. The smallest absolute Gasteiger partial charge is 0.136 e. The van der Waals surface area contributed by atoms with Gasteiger partial charge in [-0.2, -0.15) is 0 Å². The second-order valence-corrected chi connectivity index (χ2v) is 11.6. The van der Waals surface area contributed by atoms with Crippen LogP contribution in [0.5, 0.6) is 0 Å². The molecule has 1 aromatic heterocycles. The molecule has 11 rings (SSSR count). The Morgan fingerprint density at radius 1 is 0.321 bits per heavy atom. The molecule has 0 bridgehead atoms. The summed E-state index contributed by atoms with van der Waals surface area (Å²) in [4.78, 5) is 0. The molecule has 53 heavy (non-hydrogen) atoms. The minimum atomic E-state index is -1.11.